The van der Waals surface area contributed by atoms with Gasteiger partial charge in [-0.15, -0.1) is 0 Å². The number of aromatic nitrogens is 3. The summed E-state index contributed by atoms with van der Waals surface area (Å²) >= 11 is 0. The van der Waals surface area contributed by atoms with E-state index in [1.54, 1.807) is 0 Å². The molecule has 0 bridgehead atoms. The summed E-state index contributed by atoms with van der Waals surface area (Å²) in [7, 11) is 1.39. The van der Waals surface area contributed by atoms with Crippen molar-refractivity contribution < 1.29 is 14.3 Å². The van der Waals surface area contributed by atoms with Gasteiger partial charge in [-0.25, -0.2) is 14.8 Å². The normalized spacial score (nSPS) is 14.4. The fourth-order valence-electron chi connectivity index (χ4n) is 4.03. The number of methoxy groups -OCH3 is 1. The van der Waals surface area contributed by atoms with Gasteiger partial charge in [0.2, 0.25) is 0 Å². The highest BCUT2D eigenvalue weighted by atomic mass is 16.5. The Morgan fingerprint density at radius 3 is 2.63 bits per heavy atom. The van der Waals surface area contributed by atoms with Crippen LogP contribution in [0, 0.1) is 6.92 Å². The van der Waals surface area contributed by atoms with Gasteiger partial charge in [0.15, 0.2) is 0 Å². The zero-order valence-electron chi connectivity index (χ0n) is 17.0. The SMILES string of the molecule is COC(=O)c1cc(N2CCOCC2)cc2c1nc(C)n2-c1cc2ccccc2cn1. The minimum absolute atomic E-state index is 0.397. The van der Waals surface area contributed by atoms with Crippen LogP contribution in [0.2, 0.25) is 0 Å². The Kier molecular flexibility index (Phi) is 4.59. The summed E-state index contributed by atoms with van der Waals surface area (Å²) in [5, 5.41) is 2.17. The second kappa shape index (κ2) is 7.42. The van der Waals surface area contributed by atoms with E-state index in [1.165, 1.54) is 7.11 Å². The number of ether oxygens (including phenoxy) is 2. The highest BCUT2D eigenvalue weighted by molar-refractivity contribution is 6.04. The van der Waals surface area contributed by atoms with Crippen LogP contribution in [-0.2, 0) is 9.47 Å². The van der Waals surface area contributed by atoms with Crippen molar-refractivity contribution in [2.24, 2.45) is 0 Å². The van der Waals surface area contributed by atoms with Gasteiger partial charge < -0.3 is 14.4 Å². The average Bonchev–Trinajstić information content (AvgIpc) is 3.13. The van der Waals surface area contributed by atoms with Crippen molar-refractivity contribution in [1.82, 2.24) is 14.5 Å². The Morgan fingerprint density at radius 1 is 1.10 bits per heavy atom. The van der Waals surface area contributed by atoms with Crippen molar-refractivity contribution in [3.8, 4) is 5.82 Å². The smallest absolute Gasteiger partial charge is 0.340 e. The summed E-state index contributed by atoms with van der Waals surface area (Å²) in [6.07, 6.45) is 1.86. The Balaban J connectivity index is 1.74. The number of esters is 1. The number of fused-ring (bicyclic) bond motifs is 2. The molecule has 152 valence electrons. The van der Waals surface area contributed by atoms with Gasteiger partial charge in [0.1, 0.15) is 17.2 Å². The van der Waals surface area contributed by atoms with Crippen molar-refractivity contribution in [2.45, 2.75) is 6.92 Å². The van der Waals surface area contributed by atoms with Gasteiger partial charge in [-0.1, -0.05) is 24.3 Å². The Labute approximate surface area is 173 Å². The summed E-state index contributed by atoms with van der Waals surface area (Å²) in [4.78, 5) is 24.2. The van der Waals surface area contributed by atoms with Crippen molar-refractivity contribution in [3.63, 3.8) is 0 Å². The Bertz CT molecular complexity index is 1260. The van der Waals surface area contributed by atoms with Crippen molar-refractivity contribution in [2.75, 3.05) is 38.3 Å². The van der Waals surface area contributed by atoms with Crippen molar-refractivity contribution >= 4 is 33.5 Å². The van der Waals surface area contributed by atoms with E-state index in [4.69, 9.17) is 14.5 Å². The van der Waals surface area contributed by atoms with Crippen LogP contribution in [0.4, 0.5) is 5.69 Å². The maximum absolute atomic E-state index is 12.6. The standard InChI is InChI=1S/C23H22N4O3/c1-15-25-22-19(23(28)29-2)12-18(26-7-9-30-10-8-26)13-20(22)27(15)21-11-16-5-3-4-6-17(16)14-24-21/h3-6,11-14H,7-10H2,1-2H3. The summed E-state index contributed by atoms with van der Waals surface area (Å²) < 4.78 is 12.5. The molecule has 7 nitrogen and oxygen atoms in total. The van der Waals surface area contributed by atoms with Gasteiger partial charge in [0.25, 0.3) is 0 Å². The van der Waals surface area contributed by atoms with Crippen molar-refractivity contribution in [3.05, 3.63) is 60.0 Å². The molecule has 30 heavy (non-hydrogen) atoms. The number of carbonyl (C=O) groups is 1. The Morgan fingerprint density at radius 2 is 1.87 bits per heavy atom. The molecule has 5 rings (SSSR count). The summed E-state index contributed by atoms with van der Waals surface area (Å²) in [5.41, 5.74) is 2.86. The van der Waals surface area contributed by atoms with Gasteiger partial charge >= 0.3 is 5.97 Å². The number of benzene rings is 2. The first-order chi connectivity index (χ1) is 14.7. The zero-order chi connectivity index (χ0) is 20.7. The molecule has 3 heterocycles. The number of morpholine rings is 1. The molecule has 0 N–H and O–H groups in total. The number of rotatable bonds is 3. The molecule has 7 heteroatoms. The van der Waals surface area contributed by atoms with E-state index in [2.05, 4.69) is 22.0 Å². The van der Waals surface area contributed by atoms with Crippen LogP contribution in [0.15, 0.2) is 48.7 Å². The number of pyridine rings is 1. The lowest BCUT2D eigenvalue weighted by Gasteiger charge is -2.29. The van der Waals surface area contributed by atoms with E-state index in [1.807, 2.05) is 48.0 Å². The molecule has 4 aromatic rings. The molecule has 1 aliphatic heterocycles. The van der Waals surface area contributed by atoms with Crippen LogP contribution in [0.3, 0.4) is 0 Å². The first-order valence-electron chi connectivity index (χ1n) is 9.95. The highest BCUT2D eigenvalue weighted by Crippen LogP contribution is 2.30. The molecule has 1 saturated heterocycles. The summed E-state index contributed by atoms with van der Waals surface area (Å²) in [5.74, 6) is 1.13. The monoisotopic (exact) mass is 402 g/mol. The number of carbonyl (C=O) groups excluding carboxylic acids is 1. The maximum Gasteiger partial charge on any atom is 0.340 e. The van der Waals surface area contributed by atoms with E-state index in [0.29, 0.717) is 24.3 Å². The molecule has 0 spiro atoms. The predicted molar refractivity (Wildman–Crippen MR) is 115 cm³/mol. The maximum atomic E-state index is 12.6. The van der Waals surface area contributed by atoms with Gasteiger partial charge in [-0.05, 0) is 30.5 Å². The molecule has 0 radical (unpaired) electrons. The highest BCUT2D eigenvalue weighted by Gasteiger charge is 2.22. The number of aryl methyl sites for hydroxylation is 1. The minimum atomic E-state index is -0.397. The molecule has 2 aromatic heterocycles. The zero-order valence-corrected chi connectivity index (χ0v) is 17.0. The lowest BCUT2D eigenvalue weighted by molar-refractivity contribution is 0.0603. The fourth-order valence-corrected chi connectivity index (χ4v) is 4.03. The fraction of sp³-hybridized carbons (Fsp3) is 0.261. The molecule has 0 aliphatic carbocycles. The summed E-state index contributed by atoms with van der Waals surface area (Å²) in [6.45, 7) is 4.79. The Hall–Kier alpha value is -3.45. The molecular weight excluding hydrogens is 380 g/mol. The average molecular weight is 402 g/mol. The molecule has 0 amide bonds. The topological polar surface area (TPSA) is 69.5 Å². The number of imidazole rings is 1. The predicted octanol–water partition coefficient (Wildman–Crippen LogP) is 3.51. The molecule has 0 unspecified atom stereocenters. The number of nitrogens with zero attached hydrogens (tertiary/aromatic N) is 4. The first kappa shape index (κ1) is 18.6. The van der Waals surface area contributed by atoms with Crippen molar-refractivity contribution in [1.29, 1.82) is 0 Å². The first-order valence-corrected chi connectivity index (χ1v) is 9.95. The molecule has 0 atom stereocenters. The van der Waals surface area contributed by atoms with Gasteiger partial charge in [-0.2, -0.15) is 0 Å². The molecule has 2 aromatic carbocycles. The summed E-state index contributed by atoms with van der Waals surface area (Å²) in [6, 6.07) is 14.1. The van der Waals surface area contributed by atoms with E-state index in [-0.39, 0.29) is 0 Å². The number of anilines is 1. The minimum Gasteiger partial charge on any atom is -0.465 e. The van der Waals surface area contributed by atoms with Gasteiger partial charge in [-0.3, -0.25) is 4.57 Å². The quantitative estimate of drug-likeness (QED) is 0.489. The number of hydrogen-bond acceptors (Lipinski definition) is 6. The molecule has 0 saturated carbocycles. The van der Waals surface area contributed by atoms with E-state index in [9.17, 15) is 4.79 Å². The lowest BCUT2D eigenvalue weighted by atomic mass is 10.1. The lowest BCUT2D eigenvalue weighted by Crippen LogP contribution is -2.36. The van der Waals surface area contributed by atoms with Crippen LogP contribution in [0.1, 0.15) is 16.2 Å². The van der Waals surface area contributed by atoms with Crippen LogP contribution in [-0.4, -0.2) is 53.9 Å². The molecular formula is C23H22N4O3. The third-order valence-corrected chi connectivity index (χ3v) is 5.54. The van der Waals surface area contributed by atoms with Gasteiger partial charge in [0.05, 0.1) is 31.4 Å². The molecule has 1 fully saturated rings. The van der Waals surface area contributed by atoms with E-state index < -0.39 is 5.97 Å². The van der Waals surface area contributed by atoms with Crippen LogP contribution < -0.4 is 4.90 Å². The van der Waals surface area contributed by atoms with Crippen LogP contribution >= 0.6 is 0 Å². The molecule has 1 aliphatic rings. The second-order valence-corrected chi connectivity index (χ2v) is 7.34. The number of hydrogen-bond donors (Lipinski definition) is 0. The van der Waals surface area contributed by atoms with E-state index >= 15 is 0 Å². The largest absolute Gasteiger partial charge is 0.465 e. The van der Waals surface area contributed by atoms with Gasteiger partial charge in [0, 0.05) is 30.4 Å². The van der Waals surface area contributed by atoms with Crippen LogP contribution in [0.25, 0.3) is 27.6 Å². The second-order valence-electron chi connectivity index (χ2n) is 7.34. The van der Waals surface area contributed by atoms with E-state index in [0.717, 1.165) is 46.7 Å². The van der Waals surface area contributed by atoms with Crippen LogP contribution in [0.5, 0.6) is 0 Å². The third kappa shape index (κ3) is 3.07. The third-order valence-electron chi connectivity index (χ3n) is 5.54.